The Labute approximate surface area is 94.2 Å². The lowest BCUT2D eigenvalue weighted by Crippen LogP contribution is -2.35. The molecule has 0 unspecified atom stereocenters. The predicted octanol–water partition coefficient (Wildman–Crippen LogP) is 0.316. The molecule has 16 heavy (non-hydrogen) atoms. The van der Waals surface area contributed by atoms with Gasteiger partial charge in [0, 0.05) is 19.6 Å². The number of benzene rings is 1. The highest BCUT2D eigenvalue weighted by molar-refractivity contribution is 5.71. The first-order chi connectivity index (χ1) is 7.74. The lowest BCUT2D eigenvalue weighted by molar-refractivity contribution is 0.249. The lowest BCUT2D eigenvalue weighted by Gasteiger charge is -2.06. The largest absolute Gasteiger partial charge is 0.352 e. The van der Waals surface area contributed by atoms with E-state index >= 15 is 0 Å². The molecule has 0 aliphatic heterocycles. The zero-order valence-corrected chi connectivity index (χ0v) is 8.86. The predicted molar refractivity (Wildman–Crippen MR) is 60.4 cm³/mol. The molecule has 0 bridgehead atoms. The molecule has 0 saturated heterocycles. The summed E-state index contributed by atoms with van der Waals surface area (Å²) in [6, 6.07) is 8.99. The van der Waals surface area contributed by atoms with Crippen molar-refractivity contribution in [1.29, 1.82) is 5.26 Å². The van der Waals surface area contributed by atoms with Crippen LogP contribution in [0.4, 0.5) is 4.79 Å². The number of nitrogens with zero attached hydrogens (tertiary/aromatic N) is 1. The SMILES string of the molecule is N#Cc1ccccc1CNCCNC(N)=O. The van der Waals surface area contributed by atoms with Crippen LogP contribution in [0.25, 0.3) is 0 Å². The summed E-state index contributed by atoms with van der Waals surface area (Å²) >= 11 is 0. The minimum Gasteiger partial charge on any atom is -0.352 e. The van der Waals surface area contributed by atoms with E-state index in [-0.39, 0.29) is 0 Å². The van der Waals surface area contributed by atoms with E-state index in [1.165, 1.54) is 0 Å². The number of primary amides is 1. The van der Waals surface area contributed by atoms with Crippen LogP contribution in [0.15, 0.2) is 24.3 Å². The zero-order chi connectivity index (χ0) is 11.8. The number of nitrogens with one attached hydrogen (secondary N) is 2. The number of carbonyl (C=O) groups excluding carboxylic acids is 1. The molecule has 0 saturated carbocycles. The number of rotatable bonds is 5. The maximum absolute atomic E-state index is 10.4. The van der Waals surface area contributed by atoms with E-state index in [9.17, 15) is 4.79 Å². The van der Waals surface area contributed by atoms with Gasteiger partial charge in [0.15, 0.2) is 0 Å². The van der Waals surface area contributed by atoms with Gasteiger partial charge in [0.2, 0.25) is 0 Å². The molecule has 0 spiro atoms. The smallest absolute Gasteiger partial charge is 0.312 e. The van der Waals surface area contributed by atoms with Gasteiger partial charge >= 0.3 is 6.03 Å². The standard InChI is InChI=1S/C11H14N4O/c12-7-9-3-1-2-4-10(9)8-14-5-6-15-11(13)16/h1-4,14H,5-6,8H2,(H3,13,15,16). The Kier molecular flexibility index (Phi) is 4.83. The number of hydrogen-bond acceptors (Lipinski definition) is 3. The fourth-order valence-electron chi connectivity index (χ4n) is 1.28. The van der Waals surface area contributed by atoms with Gasteiger partial charge in [-0.3, -0.25) is 0 Å². The van der Waals surface area contributed by atoms with E-state index in [1.54, 1.807) is 6.07 Å². The van der Waals surface area contributed by atoms with Crippen molar-refractivity contribution in [1.82, 2.24) is 10.6 Å². The first-order valence-corrected chi connectivity index (χ1v) is 4.96. The van der Waals surface area contributed by atoms with Crippen molar-refractivity contribution >= 4 is 6.03 Å². The number of amides is 2. The molecule has 0 aliphatic carbocycles. The van der Waals surface area contributed by atoms with Gasteiger partial charge < -0.3 is 16.4 Å². The van der Waals surface area contributed by atoms with Crippen LogP contribution in [-0.2, 0) is 6.54 Å². The molecule has 0 aliphatic rings. The van der Waals surface area contributed by atoms with Crippen molar-refractivity contribution in [2.45, 2.75) is 6.54 Å². The second kappa shape index (κ2) is 6.43. The van der Waals surface area contributed by atoms with Gasteiger partial charge in [-0.2, -0.15) is 5.26 Å². The van der Waals surface area contributed by atoms with Crippen molar-refractivity contribution in [2.75, 3.05) is 13.1 Å². The molecular formula is C11H14N4O. The van der Waals surface area contributed by atoms with Crippen molar-refractivity contribution in [2.24, 2.45) is 5.73 Å². The molecule has 4 N–H and O–H groups in total. The van der Waals surface area contributed by atoms with Gasteiger partial charge in [-0.1, -0.05) is 18.2 Å². The average molecular weight is 218 g/mol. The third-order valence-electron chi connectivity index (χ3n) is 2.05. The molecule has 2 amide bonds. The zero-order valence-electron chi connectivity index (χ0n) is 8.86. The van der Waals surface area contributed by atoms with E-state index in [0.717, 1.165) is 5.56 Å². The second-order valence-corrected chi connectivity index (χ2v) is 3.24. The highest BCUT2D eigenvalue weighted by atomic mass is 16.2. The van der Waals surface area contributed by atoms with E-state index in [1.807, 2.05) is 18.2 Å². The van der Waals surface area contributed by atoms with Crippen LogP contribution in [0.2, 0.25) is 0 Å². The second-order valence-electron chi connectivity index (χ2n) is 3.24. The van der Waals surface area contributed by atoms with Crippen LogP contribution in [0.3, 0.4) is 0 Å². The van der Waals surface area contributed by atoms with Crippen molar-refractivity contribution in [3.63, 3.8) is 0 Å². The number of hydrogen-bond donors (Lipinski definition) is 3. The molecule has 84 valence electrons. The van der Waals surface area contributed by atoms with Crippen molar-refractivity contribution < 1.29 is 4.79 Å². The minimum atomic E-state index is -0.528. The molecular weight excluding hydrogens is 204 g/mol. The number of carbonyl (C=O) groups is 1. The molecule has 0 radical (unpaired) electrons. The highest BCUT2D eigenvalue weighted by Crippen LogP contribution is 2.06. The molecule has 1 rings (SSSR count). The summed E-state index contributed by atoms with van der Waals surface area (Å²) in [7, 11) is 0. The fourth-order valence-corrected chi connectivity index (χ4v) is 1.28. The maximum Gasteiger partial charge on any atom is 0.312 e. The van der Waals surface area contributed by atoms with Crippen LogP contribution >= 0.6 is 0 Å². The van der Waals surface area contributed by atoms with E-state index in [0.29, 0.717) is 25.2 Å². The molecule has 0 atom stereocenters. The van der Waals surface area contributed by atoms with Crippen LogP contribution in [0.1, 0.15) is 11.1 Å². The van der Waals surface area contributed by atoms with E-state index in [4.69, 9.17) is 11.0 Å². The molecule has 0 aromatic heterocycles. The van der Waals surface area contributed by atoms with Gasteiger partial charge in [0.25, 0.3) is 0 Å². The Bertz CT molecular complexity index is 397. The van der Waals surface area contributed by atoms with E-state index < -0.39 is 6.03 Å². The van der Waals surface area contributed by atoms with Crippen LogP contribution < -0.4 is 16.4 Å². The van der Waals surface area contributed by atoms with Crippen molar-refractivity contribution in [3.05, 3.63) is 35.4 Å². The summed E-state index contributed by atoms with van der Waals surface area (Å²) in [6.45, 7) is 1.69. The Hall–Kier alpha value is -2.06. The first kappa shape index (κ1) is 12.0. The highest BCUT2D eigenvalue weighted by Gasteiger charge is 1.99. The van der Waals surface area contributed by atoms with Gasteiger partial charge in [-0.05, 0) is 11.6 Å². The average Bonchev–Trinajstić information content (AvgIpc) is 2.29. The lowest BCUT2D eigenvalue weighted by atomic mass is 10.1. The Morgan fingerprint density at radius 1 is 1.38 bits per heavy atom. The molecule has 0 heterocycles. The summed E-state index contributed by atoms with van der Waals surface area (Å²) in [5, 5.41) is 14.4. The van der Waals surface area contributed by atoms with E-state index in [2.05, 4.69) is 16.7 Å². The summed E-state index contributed by atoms with van der Waals surface area (Å²) in [5.74, 6) is 0. The number of nitrogens with two attached hydrogens (primary N) is 1. The van der Waals surface area contributed by atoms with Crippen LogP contribution in [-0.4, -0.2) is 19.1 Å². The fraction of sp³-hybridized carbons (Fsp3) is 0.273. The maximum atomic E-state index is 10.4. The summed E-state index contributed by atoms with van der Waals surface area (Å²) in [4.78, 5) is 10.4. The third-order valence-corrected chi connectivity index (χ3v) is 2.05. The third kappa shape index (κ3) is 3.98. The van der Waals surface area contributed by atoms with Crippen molar-refractivity contribution in [3.8, 4) is 6.07 Å². The normalized spacial score (nSPS) is 9.44. The topological polar surface area (TPSA) is 90.9 Å². The monoisotopic (exact) mass is 218 g/mol. The number of urea groups is 1. The molecule has 1 aromatic carbocycles. The first-order valence-electron chi connectivity index (χ1n) is 4.96. The Balaban J connectivity index is 2.32. The van der Waals surface area contributed by atoms with Gasteiger partial charge in [-0.25, -0.2) is 4.79 Å². The van der Waals surface area contributed by atoms with Gasteiger partial charge in [0.1, 0.15) is 0 Å². The van der Waals surface area contributed by atoms with Crippen LogP contribution in [0, 0.1) is 11.3 Å². The molecule has 1 aromatic rings. The quantitative estimate of drug-likeness (QED) is 0.621. The van der Waals surface area contributed by atoms with Crippen LogP contribution in [0.5, 0.6) is 0 Å². The summed E-state index contributed by atoms with van der Waals surface area (Å²) < 4.78 is 0. The van der Waals surface area contributed by atoms with Gasteiger partial charge in [-0.15, -0.1) is 0 Å². The molecule has 0 fully saturated rings. The Morgan fingerprint density at radius 2 is 2.12 bits per heavy atom. The summed E-state index contributed by atoms with van der Waals surface area (Å²) in [6.07, 6.45) is 0. The molecule has 5 heteroatoms. The summed E-state index contributed by atoms with van der Waals surface area (Å²) in [5.41, 5.74) is 6.52. The molecule has 5 nitrogen and oxygen atoms in total. The minimum absolute atomic E-state index is 0.476. The number of nitriles is 1. The van der Waals surface area contributed by atoms with Gasteiger partial charge in [0.05, 0.1) is 11.6 Å². The Morgan fingerprint density at radius 3 is 2.81 bits per heavy atom.